The molecular weight excluding hydrogens is 282 g/mol. The van der Waals surface area contributed by atoms with Gasteiger partial charge in [0, 0.05) is 18.4 Å². The lowest BCUT2D eigenvalue weighted by Crippen LogP contribution is -2.32. The monoisotopic (exact) mass is 303 g/mol. The lowest BCUT2D eigenvalue weighted by Gasteiger charge is -2.38. The largest absolute Gasteiger partial charge is 0.492 e. The van der Waals surface area contributed by atoms with Gasteiger partial charge in [-0.15, -0.1) is 0 Å². The normalized spacial score (nSPS) is 20.6. The second-order valence-corrected chi connectivity index (χ2v) is 5.85. The molecule has 1 aromatic rings. The van der Waals surface area contributed by atoms with Crippen molar-refractivity contribution in [3.8, 4) is 11.5 Å². The van der Waals surface area contributed by atoms with Gasteiger partial charge in [-0.1, -0.05) is 12.1 Å². The predicted octanol–water partition coefficient (Wildman–Crippen LogP) is 2.97. The molecular formula is C17H21NO4. The van der Waals surface area contributed by atoms with Crippen LogP contribution in [-0.4, -0.2) is 32.5 Å². The zero-order valence-corrected chi connectivity index (χ0v) is 12.8. The lowest BCUT2D eigenvalue weighted by atomic mass is 9.72. The third kappa shape index (κ3) is 2.74. The molecule has 0 N–H and O–H groups in total. The van der Waals surface area contributed by atoms with Crippen LogP contribution >= 0.6 is 0 Å². The lowest BCUT2D eigenvalue weighted by molar-refractivity contribution is 0.0243. The molecule has 0 unspecified atom stereocenters. The van der Waals surface area contributed by atoms with Gasteiger partial charge in [0.25, 0.3) is 0 Å². The Morgan fingerprint density at radius 2 is 2.09 bits per heavy atom. The maximum Gasteiger partial charge on any atom is 0.235 e. The van der Waals surface area contributed by atoms with Crippen molar-refractivity contribution in [3.63, 3.8) is 0 Å². The molecule has 1 aromatic carbocycles. The topological polar surface area (TPSA) is 57.1 Å². The maximum atomic E-state index is 10.8. The number of benzene rings is 1. The Labute approximate surface area is 130 Å². The standard InChI is InChI=1S/C17H21NO4/c1-20-16-14(17(18-12-19)8-3-9-17)4-2-5-15(16)22-13-6-10-21-11-7-13/h2,4-5,13H,3,6-11H2,1H3. The molecule has 0 aromatic heterocycles. The highest BCUT2D eigenvalue weighted by Gasteiger charge is 2.42. The molecule has 0 atom stereocenters. The molecule has 5 nitrogen and oxygen atoms in total. The summed E-state index contributed by atoms with van der Waals surface area (Å²) in [6, 6.07) is 5.82. The van der Waals surface area contributed by atoms with E-state index in [1.807, 2.05) is 18.2 Å². The molecule has 1 saturated carbocycles. The van der Waals surface area contributed by atoms with Crippen LogP contribution in [0.4, 0.5) is 0 Å². The smallest absolute Gasteiger partial charge is 0.235 e. The Bertz CT molecular complexity index is 570. The molecule has 3 rings (SSSR count). The van der Waals surface area contributed by atoms with Crippen LogP contribution in [-0.2, 0) is 15.1 Å². The fraction of sp³-hybridized carbons (Fsp3) is 0.588. The first kappa shape index (κ1) is 15.1. The van der Waals surface area contributed by atoms with Crippen LogP contribution in [0.3, 0.4) is 0 Å². The Kier molecular flexibility index (Phi) is 4.46. The summed E-state index contributed by atoms with van der Waals surface area (Å²) >= 11 is 0. The number of rotatable bonds is 5. The average molecular weight is 303 g/mol. The van der Waals surface area contributed by atoms with Gasteiger partial charge < -0.3 is 14.2 Å². The summed E-state index contributed by atoms with van der Waals surface area (Å²) in [4.78, 5) is 14.9. The average Bonchev–Trinajstić information content (AvgIpc) is 2.52. The van der Waals surface area contributed by atoms with E-state index >= 15 is 0 Å². The van der Waals surface area contributed by atoms with E-state index < -0.39 is 5.54 Å². The van der Waals surface area contributed by atoms with E-state index in [4.69, 9.17) is 14.2 Å². The zero-order valence-electron chi connectivity index (χ0n) is 12.8. The summed E-state index contributed by atoms with van der Waals surface area (Å²) in [5.41, 5.74) is 0.441. The van der Waals surface area contributed by atoms with Gasteiger partial charge in [0.05, 0.1) is 20.3 Å². The SMILES string of the molecule is COc1c(OC2CCOCC2)cccc1C1(N=C=O)CCC1. The quantitative estimate of drug-likeness (QED) is 0.620. The highest BCUT2D eigenvalue weighted by atomic mass is 16.5. The fourth-order valence-electron chi connectivity index (χ4n) is 3.20. The van der Waals surface area contributed by atoms with Crippen molar-refractivity contribution in [2.24, 2.45) is 4.99 Å². The van der Waals surface area contributed by atoms with E-state index in [0.29, 0.717) is 5.75 Å². The van der Waals surface area contributed by atoms with Crippen LogP contribution in [0.15, 0.2) is 23.2 Å². The third-order valence-corrected chi connectivity index (χ3v) is 4.59. The van der Waals surface area contributed by atoms with E-state index in [1.165, 1.54) is 0 Å². The molecule has 1 aliphatic carbocycles. The first-order chi connectivity index (χ1) is 10.8. The van der Waals surface area contributed by atoms with Gasteiger partial charge >= 0.3 is 0 Å². The number of hydrogen-bond donors (Lipinski definition) is 0. The van der Waals surface area contributed by atoms with Crippen LogP contribution in [0.1, 0.15) is 37.7 Å². The number of ether oxygens (including phenoxy) is 3. The first-order valence-corrected chi connectivity index (χ1v) is 7.80. The highest BCUT2D eigenvalue weighted by Crippen LogP contribution is 2.50. The van der Waals surface area contributed by atoms with Gasteiger partial charge in [-0.25, -0.2) is 4.79 Å². The summed E-state index contributed by atoms with van der Waals surface area (Å²) in [6.07, 6.45) is 6.37. The predicted molar refractivity (Wildman–Crippen MR) is 81.1 cm³/mol. The Hall–Kier alpha value is -1.84. The molecule has 5 heteroatoms. The fourth-order valence-corrected chi connectivity index (χ4v) is 3.20. The van der Waals surface area contributed by atoms with Gasteiger partial charge in [-0.2, -0.15) is 4.99 Å². The van der Waals surface area contributed by atoms with Crippen molar-refractivity contribution in [1.29, 1.82) is 0 Å². The first-order valence-electron chi connectivity index (χ1n) is 7.80. The minimum atomic E-state index is -0.484. The van der Waals surface area contributed by atoms with E-state index in [2.05, 4.69) is 4.99 Å². The van der Waals surface area contributed by atoms with Gasteiger partial charge in [0.2, 0.25) is 6.08 Å². The maximum absolute atomic E-state index is 10.8. The summed E-state index contributed by atoms with van der Waals surface area (Å²) in [5.74, 6) is 1.41. The number of hydrogen-bond acceptors (Lipinski definition) is 5. The van der Waals surface area contributed by atoms with Crippen molar-refractivity contribution in [2.75, 3.05) is 20.3 Å². The van der Waals surface area contributed by atoms with Gasteiger partial charge in [0.15, 0.2) is 11.5 Å². The number of carbonyl (C=O) groups excluding carboxylic acids is 1. The molecule has 1 heterocycles. The summed E-state index contributed by atoms with van der Waals surface area (Å²) in [6.45, 7) is 1.46. The Balaban J connectivity index is 1.91. The molecule has 1 aliphatic heterocycles. The van der Waals surface area contributed by atoms with Crippen molar-refractivity contribution >= 4 is 6.08 Å². The van der Waals surface area contributed by atoms with Crippen LogP contribution in [0.25, 0.3) is 0 Å². The number of aliphatic imine (C=N–C) groups is 1. The summed E-state index contributed by atoms with van der Waals surface area (Å²) in [5, 5.41) is 0. The van der Waals surface area contributed by atoms with Crippen LogP contribution in [0.5, 0.6) is 11.5 Å². The van der Waals surface area contributed by atoms with Crippen molar-refractivity contribution in [2.45, 2.75) is 43.7 Å². The third-order valence-electron chi connectivity index (χ3n) is 4.59. The van der Waals surface area contributed by atoms with Crippen molar-refractivity contribution < 1.29 is 19.0 Å². The van der Waals surface area contributed by atoms with Crippen LogP contribution < -0.4 is 9.47 Å². The number of nitrogens with zero attached hydrogens (tertiary/aromatic N) is 1. The minimum absolute atomic E-state index is 0.143. The number of isocyanates is 1. The molecule has 0 radical (unpaired) electrons. The molecule has 0 bridgehead atoms. The number of para-hydroxylation sites is 1. The van der Waals surface area contributed by atoms with E-state index in [1.54, 1.807) is 13.2 Å². The molecule has 0 amide bonds. The van der Waals surface area contributed by atoms with Crippen LogP contribution in [0, 0.1) is 0 Å². The van der Waals surface area contributed by atoms with Gasteiger partial charge in [-0.05, 0) is 25.3 Å². The summed E-state index contributed by atoms with van der Waals surface area (Å²) < 4.78 is 17.1. The molecule has 0 spiro atoms. The van der Waals surface area contributed by atoms with E-state index in [0.717, 1.165) is 56.6 Å². The van der Waals surface area contributed by atoms with Gasteiger partial charge in [-0.3, -0.25) is 0 Å². The molecule has 22 heavy (non-hydrogen) atoms. The number of methoxy groups -OCH3 is 1. The molecule has 2 fully saturated rings. The van der Waals surface area contributed by atoms with Crippen molar-refractivity contribution in [1.82, 2.24) is 0 Å². The minimum Gasteiger partial charge on any atom is -0.492 e. The summed E-state index contributed by atoms with van der Waals surface area (Å²) in [7, 11) is 1.63. The molecule has 2 aliphatic rings. The molecule has 118 valence electrons. The van der Waals surface area contributed by atoms with E-state index in [-0.39, 0.29) is 6.10 Å². The second kappa shape index (κ2) is 6.51. The van der Waals surface area contributed by atoms with Crippen LogP contribution in [0.2, 0.25) is 0 Å². The highest BCUT2D eigenvalue weighted by molar-refractivity contribution is 5.52. The van der Waals surface area contributed by atoms with Crippen molar-refractivity contribution in [3.05, 3.63) is 23.8 Å². The Morgan fingerprint density at radius 3 is 2.68 bits per heavy atom. The zero-order chi connectivity index (χ0) is 15.4. The second-order valence-electron chi connectivity index (χ2n) is 5.85. The Morgan fingerprint density at radius 1 is 1.32 bits per heavy atom. The van der Waals surface area contributed by atoms with E-state index in [9.17, 15) is 4.79 Å². The van der Waals surface area contributed by atoms with Gasteiger partial charge in [0.1, 0.15) is 11.6 Å². The molecule has 1 saturated heterocycles.